The van der Waals surface area contributed by atoms with Gasteiger partial charge in [0.15, 0.2) is 5.76 Å². The minimum atomic E-state index is -0.625. The molecule has 0 bridgehead atoms. The number of carbonyl (C=O) groups is 2. The molecule has 0 saturated heterocycles. The van der Waals surface area contributed by atoms with E-state index in [0.717, 1.165) is 38.5 Å². The Morgan fingerprint density at radius 3 is 2.09 bits per heavy atom. The van der Waals surface area contributed by atoms with Crippen molar-refractivity contribution in [3.63, 3.8) is 0 Å². The van der Waals surface area contributed by atoms with Gasteiger partial charge in [0, 0.05) is 6.04 Å². The van der Waals surface area contributed by atoms with Crippen LogP contribution in [0.5, 0.6) is 0 Å². The van der Waals surface area contributed by atoms with Gasteiger partial charge in [-0.1, -0.05) is 44.2 Å². The first-order valence-corrected chi connectivity index (χ1v) is 8.16. The largest absolute Gasteiger partial charge is 0.502 e. The predicted molar refractivity (Wildman–Crippen MR) is 83.9 cm³/mol. The molecule has 23 heavy (non-hydrogen) atoms. The first-order chi connectivity index (χ1) is 11.1. The number of imide groups is 1. The van der Waals surface area contributed by atoms with Crippen LogP contribution in [0.2, 0.25) is 0 Å². The van der Waals surface area contributed by atoms with E-state index in [1.807, 2.05) is 0 Å². The number of rotatable bonds is 2. The molecule has 1 heterocycles. The van der Waals surface area contributed by atoms with Gasteiger partial charge in [-0.15, -0.1) is 0 Å². The van der Waals surface area contributed by atoms with E-state index in [1.165, 1.54) is 35.6 Å². The van der Waals surface area contributed by atoms with Gasteiger partial charge in [0.1, 0.15) is 5.82 Å². The van der Waals surface area contributed by atoms with E-state index >= 15 is 0 Å². The van der Waals surface area contributed by atoms with Crippen molar-refractivity contribution in [1.82, 2.24) is 4.90 Å². The topological polar surface area (TPSA) is 57.6 Å². The van der Waals surface area contributed by atoms with Crippen molar-refractivity contribution in [3.8, 4) is 0 Å². The summed E-state index contributed by atoms with van der Waals surface area (Å²) in [6.07, 6.45) is 6.93. The first-order valence-electron chi connectivity index (χ1n) is 8.16. The number of nitrogens with zero attached hydrogens (tertiary/aromatic N) is 1. The molecular formula is C18H20FNO3. The summed E-state index contributed by atoms with van der Waals surface area (Å²) in [4.78, 5) is 26.3. The Kier molecular flexibility index (Phi) is 4.46. The highest BCUT2D eigenvalue weighted by molar-refractivity contribution is 6.35. The van der Waals surface area contributed by atoms with Crippen molar-refractivity contribution in [2.75, 3.05) is 0 Å². The van der Waals surface area contributed by atoms with Gasteiger partial charge in [-0.2, -0.15) is 0 Å². The maximum atomic E-state index is 13.1. The molecule has 1 aromatic rings. The van der Waals surface area contributed by atoms with Gasteiger partial charge >= 0.3 is 0 Å². The Morgan fingerprint density at radius 2 is 1.48 bits per heavy atom. The molecule has 122 valence electrons. The summed E-state index contributed by atoms with van der Waals surface area (Å²) in [5, 5.41) is 10.2. The smallest absolute Gasteiger partial charge is 0.296 e. The van der Waals surface area contributed by atoms with Gasteiger partial charge < -0.3 is 5.11 Å². The van der Waals surface area contributed by atoms with Crippen LogP contribution >= 0.6 is 0 Å². The molecule has 2 amide bonds. The zero-order chi connectivity index (χ0) is 16.4. The minimum Gasteiger partial charge on any atom is -0.502 e. The molecule has 0 radical (unpaired) electrons. The lowest BCUT2D eigenvalue weighted by Crippen LogP contribution is -2.41. The van der Waals surface area contributed by atoms with Gasteiger partial charge in [-0.05, 0) is 30.5 Å². The fraction of sp³-hybridized carbons (Fsp3) is 0.444. The average Bonchev–Trinajstić information content (AvgIpc) is 2.72. The Balaban J connectivity index is 1.87. The summed E-state index contributed by atoms with van der Waals surface area (Å²) in [7, 11) is 0. The van der Waals surface area contributed by atoms with Gasteiger partial charge in [-0.3, -0.25) is 14.5 Å². The third-order valence-electron chi connectivity index (χ3n) is 4.66. The Labute approximate surface area is 134 Å². The highest BCUT2D eigenvalue weighted by Gasteiger charge is 2.42. The Morgan fingerprint density at radius 1 is 0.913 bits per heavy atom. The molecule has 3 rings (SSSR count). The van der Waals surface area contributed by atoms with Crippen LogP contribution in [0, 0.1) is 5.82 Å². The van der Waals surface area contributed by atoms with E-state index in [2.05, 4.69) is 0 Å². The van der Waals surface area contributed by atoms with Crippen LogP contribution in [0.25, 0.3) is 5.57 Å². The second-order valence-electron chi connectivity index (χ2n) is 6.21. The molecule has 1 saturated carbocycles. The van der Waals surface area contributed by atoms with Crippen LogP contribution in [-0.2, 0) is 9.59 Å². The summed E-state index contributed by atoms with van der Waals surface area (Å²) in [6, 6.07) is 5.09. The van der Waals surface area contributed by atoms with Crippen LogP contribution in [-0.4, -0.2) is 27.9 Å². The SMILES string of the molecule is O=C1C(O)=C(c2ccc(F)cc2)C(=O)N1C1CCCCCCC1. The molecule has 0 aromatic heterocycles. The molecule has 1 fully saturated rings. The summed E-state index contributed by atoms with van der Waals surface area (Å²) in [5.41, 5.74) is 0.354. The summed E-state index contributed by atoms with van der Waals surface area (Å²) in [5.74, 6) is -2.05. The zero-order valence-corrected chi connectivity index (χ0v) is 12.9. The van der Waals surface area contributed by atoms with Crippen LogP contribution < -0.4 is 0 Å². The number of amides is 2. The quantitative estimate of drug-likeness (QED) is 0.848. The van der Waals surface area contributed by atoms with Crippen molar-refractivity contribution in [2.45, 2.75) is 51.0 Å². The average molecular weight is 317 g/mol. The molecule has 4 nitrogen and oxygen atoms in total. The monoisotopic (exact) mass is 317 g/mol. The van der Waals surface area contributed by atoms with Crippen molar-refractivity contribution in [3.05, 3.63) is 41.4 Å². The van der Waals surface area contributed by atoms with Crippen molar-refractivity contribution in [2.24, 2.45) is 0 Å². The molecule has 2 aliphatic rings. The van der Waals surface area contributed by atoms with Crippen LogP contribution in [0.4, 0.5) is 4.39 Å². The van der Waals surface area contributed by atoms with E-state index < -0.39 is 23.4 Å². The van der Waals surface area contributed by atoms with Crippen molar-refractivity contribution in [1.29, 1.82) is 0 Å². The zero-order valence-electron chi connectivity index (χ0n) is 12.9. The fourth-order valence-electron chi connectivity index (χ4n) is 3.44. The number of halogens is 1. The summed E-state index contributed by atoms with van der Waals surface area (Å²) < 4.78 is 13.1. The standard InChI is InChI=1S/C18H20FNO3/c19-13-10-8-12(9-11-13)15-16(21)18(23)20(17(15)22)14-6-4-2-1-3-5-7-14/h8-11,14,21H,1-7H2. The van der Waals surface area contributed by atoms with E-state index in [4.69, 9.17) is 0 Å². The predicted octanol–water partition coefficient (Wildman–Crippen LogP) is 3.58. The molecule has 1 aliphatic heterocycles. The highest BCUT2D eigenvalue weighted by Crippen LogP contribution is 2.32. The molecule has 0 unspecified atom stereocenters. The second kappa shape index (κ2) is 6.52. The number of aliphatic hydroxyl groups is 1. The minimum absolute atomic E-state index is 0.0166. The van der Waals surface area contributed by atoms with Crippen LogP contribution in [0.1, 0.15) is 50.5 Å². The van der Waals surface area contributed by atoms with Gasteiger partial charge in [0.25, 0.3) is 11.8 Å². The number of hydrogen-bond donors (Lipinski definition) is 1. The number of aliphatic hydroxyl groups excluding tert-OH is 1. The van der Waals surface area contributed by atoms with Gasteiger partial charge in [0.2, 0.25) is 0 Å². The number of hydrogen-bond acceptors (Lipinski definition) is 3. The van der Waals surface area contributed by atoms with E-state index in [0.29, 0.717) is 5.56 Å². The summed E-state index contributed by atoms with van der Waals surface area (Å²) >= 11 is 0. The van der Waals surface area contributed by atoms with E-state index in [9.17, 15) is 19.1 Å². The molecule has 5 heteroatoms. The molecule has 1 aromatic carbocycles. The fourth-order valence-corrected chi connectivity index (χ4v) is 3.44. The highest BCUT2D eigenvalue weighted by atomic mass is 19.1. The maximum Gasteiger partial charge on any atom is 0.296 e. The third kappa shape index (κ3) is 3.00. The lowest BCUT2D eigenvalue weighted by Gasteiger charge is -2.28. The Bertz CT molecular complexity index is 643. The first kappa shape index (κ1) is 15.7. The molecular weight excluding hydrogens is 297 g/mol. The van der Waals surface area contributed by atoms with Crippen molar-refractivity contribution >= 4 is 17.4 Å². The van der Waals surface area contributed by atoms with Crippen LogP contribution in [0.15, 0.2) is 30.0 Å². The Hall–Kier alpha value is -2.17. The summed E-state index contributed by atoms with van der Waals surface area (Å²) in [6.45, 7) is 0. The number of benzene rings is 1. The third-order valence-corrected chi connectivity index (χ3v) is 4.66. The van der Waals surface area contributed by atoms with E-state index in [1.54, 1.807) is 0 Å². The van der Waals surface area contributed by atoms with E-state index in [-0.39, 0.29) is 11.6 Å². The molecule has 1 aliphatic carbocycles. The van der Waals surface area contributed by atoms with Crippen molar-refractivity contribution < 1.29 is 19.1 Å². The van der Waals surface area contributed by atoms with Gasteiger partial charge in [-0.25, -0.2) is 4.39 Å². The van der Waals surface area contributed by atoms with Gasteiger partial charge in [0.05, 0.1) is 5.57 Å². The maximum absolute atomic E-state index is 13.1. The normalized spacial score (nSPS) is 20.8. The number of carbonyl (C=O) groups excluding carboxylic acids is 2. The lowest BCUT2D eigenvalue weighted by molar-refractivity contribution is -0.141. The molecule has 0 atom stereocenters. The second-order valence-corrected chi connectivity index (χ2v) is 6.21. The van der Waals surface area contributed by atoms with Crippen LogP contribution in [0.3, 0.4) is 0 Å². The molecule has 0 spiro atoms. The lowest BCUT2D eigenvalue weighted by atomic mass is 9.95. The molecule has 1 N–H and O–H groups in total.